The van der Waals surface area contributed by atoms with Gasteiger partial charge in [0.25, 0.3) is 0 Å². The summed E-state index contributed by atoms with van der Waals surface area (Å²) >= 11 is 0. The van der Waals surface area contributed by atoms with Crippen molar-refractivity contribution >= 4 is 0 Å². The van der Waals surface area contributed by atoms with E-state index in [9.17, 15) is 0 Å². The average Bonchev–Trinajstić information content (AvgIpc) is 2.79. The van der Waals surface area contributed by atoms with Gasteiger partial charge in [0.2, 0.25) is 0 Å². The van der Waals surface area contributed by atoms with Gasteiger partial charge in [-0.2, -0.15) is 0 Å². The molecule has 0 saturated carbocycles. The van der Waals surface area contributed by atoms with Crippen LogP contribution in [0.1, 0.15) is 156 Å². The summed E-state index contributed by atoms with van der Waals surface area (Å²) in [6.45, 7) is 14.9. The van der Waals surface area contributed by atoms with Crippen LogP contribution in [0.15, 0.2) is 12.7 Å². The molecule has 0 rings (SSSR count). The van der Waals surface area contributed by atoms with Crippen molar-refractivity contribution in [2.24, 2.45) is 5.92 Å². The van der Waals surface area contributed by atoms with E-state index in [4.69, 9.17) is 0 Å². The second-order valence-electron chi connectivity index (χ2n) is 11.0. The van der Waals surface area contributed by atoms with Gasteiger partial charge >= 0.3 is 0 Å². The molecule has 0 amide bonds. The maximum absolute atomic E-state index is 4.05. The van der Waals surface area contributed by atoms with E-state index >= 15 is 0 Å². The molecule has 0 aliphatic heterocycles. The monoisotopic (exact) mass is 485 g/mol. The van der Waals surface area contributed by atoms with E-state index in [2.05, 4.69) is 40.5 Å². The molecule has 200 valence electrons. The zero-order chi connectivity index (χ0) is 23.8. The van der Waals surface area contributed by atoms with E-state index in [0.717, 1.165) is 12.5 Å². The third kappa shape index (κ3) is 23.5. The number of halogens is 1. The Morgan fingerprint density at radius 2 is 1.00 bits per heavy atom. The normalized spacial score (nSPS) is 13.9. The lowest BCUT2D eigenvalue weighted by Crippen LogP contribution is -3.00. The Hall–Kier alpha value is -0.0100. The number of hydrogen-bond acceptors (Lipinski definition) is 0. The third-order valence-corrected chi connectivity index (χ3v) is 7.74. The van der Waals surface area contributed by atoms with Crippen LogP contribution in [-0.2, 0) is 0 Å². The highest BCUT2D eigenvalue weighted by Crippen LogP contribution is 2.20. The molecule has 2 atom stereocenters. The Morgan fingerprint density at radius 1 is 0.576 bits per heavy atom. The summed E-state index contributed by atoms with van der Waals surface area (Å²) in [7, 11) is 2.47. The Labute approximate surface area is 217 Å². The smallest absolute Gasteiger partial charge is 0.0969 e. The molecule has 2 unspecified atom stereocenters. The first-order valence-electron chi connectivity index (χ1n) is 15.1. The van der Waals surface area contributed by atoms with Gasteiger partial charge in [0, 0.05) is 0 Å². The van der Waals surface area contributed by atoms with E-state index in [1.807, 2.05) is 0 Å². The highest BCUT2D eigenvalue weighted by Gasteiger charge is 2.21. The lowest BCUT2D eigenvalue weighted by molar-refractivity contribution is -0.904. The molecule has 1 nitrogen and oxygen atoms in total. The summed E-state index contributed by atoms with van der Waals surface area (Å²) in [5.74, 6) is 0.933. The van der Waals surface area contributed by atoms with E-state index in [1.165, 1.54) is 152 Å². The number of unbranched alkanes of at least 4 members (excludes halogenated alkanes) is 16. The van der Waals surface area contributed by atoms with Gasteiger partial charge < -0.3 is 16.9 Å². The fraction of sp³-hybridized carbons (Fsp3) is 0.935. The van der Waals surface area contributed by atoms with Crippen molar-refractivity contribution in [1.82, 2.24) is 0 Å². The number of nitrogens with zero attached hydrogens (tertiary/aromatic N) is 1. The summed E-state index contributed by atoms with van der Waals surface area (Å²) in [6.07, 6.45) is 32.3. The molecule has 0 saturated heterocycles. The van der Waals surface area contributed by atoms with E-state index in [-0.39, 0.29) is 12.4 Å². The highest BCUT2D eigenvalue weighted by molar-refractivity contribution is 4.67. The van der Waals surface area contributed by atoms with Crippen molar-refractivity contribution in [1.29, 1.82) is 0 Å². The topological polar surface area (TPSA) is 0 Å². The molecular formula is C31H64ClN. The molecule has 0 radical (unpaired) electrons. The molecule has 0 aliphatic carbocycles. The molecule has 0 aromatic rings. The molecule has 0 aromatic carbocycles. The van der Waals surface area contributed by atoms with Crippen molar-refractivity contribution in [3.63, 3.8) is 0 Å². The first-order valence-corrected chi connectivity index (χ1v) is 15.1. The number of likely N-dealkylation sites (N-methyl/N-ethyl adjacent to an activating group) is 1. The van der Waals surface area contributed by atoms with Crippen LogP contribution >= 0.6 is 0 Å². The van der Waals surface area contributed by atoms with Gasteiger partial charge in [0.05, 0.1) is 26.7 Å². The largest absolute Gasteiger partial charge is 1.00 e. The lowest BCUT2D eigenvalue weighted by atomic mass is 9.95. The first-order chi connectivity index (χ1) is 15.6. The molecule has 2 heteroatoms. The molecule has 0 heterocycles. The van der Waals surface area contributed by atoms with Crippen LogP contribution in [0.3, 0.4) is 0 Å². The first kappa shape index (κ1) is 35.2. The van der Waals surface area contributed by atoms with E-state index in [1.54, 1.807) is 0 Å². The van der Waals surface area contributed by atoms with Crippen LogP contribution in [0.25, 0.3) is 0 Å². The number of hydrogen-bond donors (Lipinski definition) is 0. The third-order valence-electron chi connectivity index (χ3n) is 7.74. The van der Waals surface area contributed by atoms with E-state index in [0.29, 0.717) is 0 Å². The van der Waals surface area contributed by atoms with Gasteiger partial charge in [0.15, 0.2) is 0 Å². The van der Waals surface area contributed by atoms with Crippen molar-refractivity contribution in [2.75, 3.05) is 26.7 Å². The summed E-state index contributed by atoms with van der Waals surface area (Å²) in [4.78, 5) is 0. The van der Waals surface area contributed by atoms with Gasteiger partial charge in [-0.1, -0.05) is 143 Å². The van der Waals surface area contributed by atoms with Crippen LogP contribution in [0.4, 0.5) is 0 Å². The minimum Gasteiger partial charge on any atom is -1.00 e. The fourth-order valence-corrected chi connectivity index (χ4v) is 5.19. The minimum absolute atomic E-state index is 0. The number of quaternary nitrogens is 1. The molecule has 0 aromatic heterocycles. The summed E-state index contributed by atoms with van der Waals surface area (Å²) < 4.78 is 1.21. The maximum atomic E-state index is 4.05. The average molecular weight is 486 g/mol. The number of rotatable bonds is 26. The van der Waals surface area contributed by atoms with Crippen molar-refractivity contribution in [3.05, 3.63) is 12.7 Å². The van der Waals surface area contributed by atoms with Crippen LogP contribution in [-0.4, -0.2) is 31.2 Å². The van der Waals surface area contributed by atoms with Gasteiger partial charge in [-0.15, -0.1) is 0 Å². The van der Waals surface area contributed by atoms with Gasteiger partial charge in [0.1, 0.15) is 0 Å². The second kappa shape index (κ2) is 26.6. The van der Waals surface area contributed by atoms with Crippen molar-refractivity contribution in [3.8, 4) is 0 Å². The standard InChI is InChI=1S/C31H64N.ClH/c1-6-10-12-13-14-15-16-17-18-19-20-21-22-23-24-25-29-32(5,28-8-3)30-27-31(9-4)26-11-7-2;/h8,31H,3,6-7,9-30H2,1-2,4-5H3;1H/q+1;/p-1. The summed E-state index contributed by atoms with van der Waals surface area (Å²) in [5, 5.41) is 0. The SMILES string of the molecule is C=CC[N+](C)(CCCCCCCCCCCCCCCCCC)CCC(CC)CCCC.[Cl-]. The van der Waals surface area contributed by atoms with Gasteiger partial charge in [-0.25, -0.2) is 0 Å². The molecule has 0 aliphatic rings. The maximum Gasteiger partial charge on any atom is 0.0969 e. The van der Waals surface area contributed by atoms with Gasteiger partial charge in [-0.05, 0) is 31.3 Å². The Balaban J connectivity index is 0. The predicted molar refractivity (Wildman–Crippen MR) is 148 cm³/mol. The van der Waals surface area contributed by atoms with Crippen LogP contribution in [0, 0.1) is 5.92 Å². The Bertz CT molecular complexity index is 383. The second-order valence-corrected chi connectivity index (χ2v) is 11.0. The molecule has 0 N–H and O–H groups in total. The highest BCUT2D eigenvalue weighted by atomic mass is 35.5. The summed E-state index contributed by atoms with van der Waals surface area (Å²) in [6, 6.07) is 0. The minimum atomic E-state index is 0. The Kier molecular flexibility index (Phi) is 28.3. The molecule has 0 bridgehead atoms. The zero-order valence-corrected chi connectivity index (χ0v) is 24.4. The molecule has 33 heavy (non-hydrogen) atoms. The fourth-order valence-electron chi connectivity index (χ4n) is 5.19. The molecular weight excluding hydrogens is 422 g/mol. The molecule has 0 spiro atoms. The predicted octanol–water partition coefficient (Wildman–Crippen LogP) is 7.49. The summed E-state index contributed by atoms with van der Waals surface area (Å²) in [5.41, 5.74) is 0. The Morgan fingerprint density at radius 3 is 1.39 bits per heavy atom. The van der Waals surface area contributed by atoms with Gasteiger partial charge in [-0.3, -0.25) is 0 Å². The van der Waals surface area contributed by atoms with Crippen LogP contribution in [0.5, 0.6) is 0 Å². The van der Waals surface area contributed by atoms with Crippen LogP contribution in [0.2, 0.25) is 0 Å². The molecule has 0 fully saturated rings. The van der Waals surface area contributed by atoms with E-state index < -0.39 is 0 Å². The van der Waals surface area contributed by atoms with Crippen molar-refractivity contribution < 1.29 is 16.9 Å². The van der Waals surface area contributed by atoms with Crippen LogP contribution < -0.4 is 12.4 Å². The quantitative estimate of drug-likeness (QED) is 0.0675. The zero-order valence-electron chi connectivity index (χ0n) is 23.7. The lowest BCUT2D eigenvalue weighted by Gasteiger charge is -2.35. The van der Waals surface area contributed by atoms with Crippen molar-refractivity contribution in [2.45, 2.75) is 156 Å².